The highest BCUT2D eigenvalue weighted by Gasteiger charge is 2.23. The largest absolute Gasteiger partial charge is 0.353 e. The maximum atomic E-state index is 12.1. The number of anilines is 1. The van der Waals surface area contributed by atoms with Crippen molar-refractivity contribution in [3.8, 4) is 0 Å². The predicted octanol–water partition coefficient (Wildman–Crippen LogP) is -0.296. The molecular formula is C12H19N5O3S. The molecule has 1 aromatic heterocycles. The third-order valence-corrected chi connectivity index (χ3v) is 4.41. The summed E-state index contributed by atoms with van der Waals surface area (Å²) in [4.78, 5) is 15.3. The summed E-state index contributed by atoms with van der Waals surface area (Å²) in [6, 6.07) is 3.42. The second-order valence-electron chi connectivity index (χ2n) is 4.84. The zero-order valence-electron chi connectivity index (χ0n) is 11.5. The van der Waals surface area contributed by atoms with Crippen molar-refractivity contribution in [2.24, 2.45) is 5.84 Å². The van der Waals surface area contributed by atoms with Crippen molar-refractivity contribution < 1.29 is 13.2 Å². The van der Waals surface area contributed by atoms with Crippen molar-refractivity contribution in [1.82, 2.24) is 15.0 Å². The number of carbonyl (C=O) groups is 1. The topological polar surface area (TPSA) is 126 Å². The normalized spacial score (nSPS) is 14.7. The van der Waals surface area contributed by atoms with Crippen molar-refractivity contribution in [2.45, 2.75) is 36.8 Å². The van der Waals surface area contributed by atoms with Gasteiger partial charge in [-0.2, -0.15) is 0 Å². The number of nitrogens with zero attached hydrogens (tertiary/aromatic N) is 1. The third-order valence-electron chi connectivity index (χ3n) is 3.00. The lowest BCUT2D eigenvalue weighted by atomic mass is 10.3. The van der Waals surface area contributed by atoms with Crippen molar-refractivity contribution >= 4 is 21.6 Å². The molecule has 0 spiro atoms. The van der Waals surface area contributed by atoms with Gasteiger partial charge in [0.25, 0.3) is 10.0 Å². The summed E-state index contributed by atoms with van der Waals surface area (Å²) in [6.07, 6.45) is 4.16. The second kappa shape index (κ2) is 6.83. The Morgan fingerprint density at radius 1 is 1.43 bits per heavy atom. The molecule has 0 aromatic carbocycles. The Kier molecular flexibility index (Phi) is 5.10. The van der Waals surface area contributed by atoms with E-state index in [0.717, 1.165) is 12.8 Å². The van der Waals surface area contributed by atoms with Gasteiger partial charge in [-0.25, -0.2) is 18.1 Å². The van der Waals surface area contributed by atoms with E-state index < -0.39 is 10.0 Å². The Morgan fingerprint density at radius 2 is 2.19 bits per heavy atom. The van der Waals surface area contributed by atoms with E-state index in [1.165, 1.54) is 12.3 Å². The predicted molar refractivity (Wildman–Crippen MR) is 77.6 cm³/mol. The van der Waals surface area contributed by atoms with Crippen molar-refractivity contribution in [3.05, 3.63) is 18.3 Å². The van der Waals surface area contributed by atoms with Crippen LogP contribution in [0.1, 0.15) is 25.7 Å². The minimum absolute atomic E-state index is 0.0427. The molecule has 2 rings (SSSR count). The van der Waals surface area contributed by atoms with Gasteiger partial charge >= 0.3 is 0 Å². The number of rotatable bonds is 8. The molecule has 9 heteroatoms. The van der Waals surface area contributed by atoms with E-state index >= 15 is 0 Å². The summed E-state index contributed by atoms with van der Waals surface area (Å²) in [5.74, 6) is 5.22. The highest BCUT2D eigenvalue weighted by Crippen LogP contribution is 2.19. The average Bonchev–Trinajstić information content (AvgIpc) is 3.27. The SMILES string of the molecule is NNc1cccnc1S(=O)(=O)NCCCC(=O)NC1CC1. The number of sulfonamides is 1. The molecule has 0 atom stereocenters. The highest BCUT2D eigenvalue weighted by molar-refractivity contribution is 7.89. The van der Waals surface area contributed by atoms with Gasteiger partial charge in [0.1, 0.15) is 0 Å². The first-order chi connectivity index (χ1) is 10.0. The van der Waals surface area contributed by atoms with Gasteiger partial charge in [-0.3, -0.25) is 10.6 Å². The Bertz CT molecular complexity index is 601. The molecule has 0 saturated heterocycles. The van der Waals surface area contributed by atoms with Crippen LogP contribution in [0, 0.1) is 0 Å². The summed E-state index contributed by atoms with van der Waals surface area (Å²) in [7, 11) is -3.75. The molecular weight excluding hydrogens is 294 g/mol. The number of hydrogen-bond acceptors (Lipinski definition) is 6. The molecule has 1 aliphatic carbocycles. The van der Waals surface area contributed by atoms with Gasteiger partial charge in [0.05, 0.1) is 5.69 Å². The molecule has 8 nitrogen and oxygen atoms in total. The molecule has 1 amide bonds. The van der Waals surface area contributed by atoms with Crippen LogP contribution in [0.2, 0.25) is 0 Å². The molecule has 1 heterocycles. The monoisotopic (exact) mass is 313 g/mol. The minimum Gasteiger partial charge on any atom is -0.353 e. The molecule has 0 unspecified atom stereocenters. The van der Waals surface area contributed by atoms with Crippen LogP contribution in [0.15, 0.2) is 23.4 Å². The van der Waals surface area contributed by atoms with Crippen molar-refractivity contribution in [3.63, 3.8) is 0 Å². The highest BCUT2D eigenvalue weighted by atomic mass is 32.2. The molecule has 1 aromatic rings. The van der Waals surface area contributed by atoms with Crippen LogP contribution in [0.25, 0.3) is 0 Å². The molecule has 21 heavy (non-hydrogen) atoms. The smallest absolute Gasteiger partial charge is 0.260 e. The maximum Gasteiger partial charge on any atom is 0.260 e. The zero-order valence-corrected chi connectivity index (χ0v) is 12.3. The van der Waals surface area contributed by atoms with Gasteiger partial charge in [-0.15, -0.1) is 0 Å². The molecule has 1 fully saturated rings. The fourth-order valence-electron chi connectivity index (χ4n) is 1.77. The van der Waals surface area contributed by atoms with Gasteiger partial charge in [0.15, 0.2) is 5.03 Å². The lowest BCUT2D eigenvalue weighted by Gasteiger charge is -2.09. The first-order valence-corrected chi connectivity index (χ1v) is 8.22. The van der Waals surface area contributed by atoms with Crippen LogP contribution in [-0.2, 0) is 14.8 Å². The summed E-state index contributed by atoms with van der Waals surface area (Å²) in [5.41, 5.74) is 2.51. The Morgan fingerprint density at radius 3 is 2.86 bits per heavy atom. The number of nitrogen functional groups attached to an aromatic ring is 1. The molecule has 5 N–H and O–H groups in total. The van der Waals surface area contributed by atoms with Crippen LogP contribution in [0.5, 0.6) is 0 Å². The number of pyridine rings is 1. The van der Waals surface area contributed by atoms with Gasteiger partial charge in [0, 0.05) is 25.2 Å². The zero-order chi connectivity index (χ0) is 15.3. The van der Waals surface area contributed by atoms with Gasteiger partial charge in [-0.05, 0) is 31.4 Å². The number of hydrogen-bond donors (Lipinski definition) is 4. The minimum atomic E-state index is -3.75. The lowest BCUT2D eigenvalue weighted by Crippen LogP contribution is -2.29. The van der Waals surface area contributed by atoms with E-state index in [1.807, 2.05) is 0 Å². The third kappa shape index (κ3) is 4.66. The summed E-state index contributed by atoms with van der Waals surface area (Å²) in [5, 5.41) is 2.69. The molecule has 0 radical (unpaired) electrons. The number of amides is 1. The fraction of sp³-hybridized carbons (Fsp3) is 0.500. The van der Waals surface area contributed by atoms with E-state index in [0.29, 0.717) is 18.9 Å². The van der Waals surface area contributed by atoms with Crippen LogP contribution >= 0.6 is 0 Å². The number of nitrogens with two attached hydrogens (primary N) is 1. The molecule has 116 valence electrons. The van der Waals surface area contributed by atoms with Crippen LogP contribution in [-0.4, -0.2) is 31.9 Å². The van der Waals surface area contributed by atoms with Gasteiger partial charge in [-0.1, -0.05) is 0 Å². The number of carbonyl (C=O) groups excluding carboxylic acids is 1. The van der Waals surface area contributed by atoms with E-state index in [9.17, 15) is 13.2 Å². The molecule has 0 aliphatic heterocycles. The number of nitrogens with one attached hydrogen (secondary N) is 3. The Labute approximate surface area is 123 Å². The molecule has 0 bridgehead atoms. The standard InChI is InChI=1S/C12H19N5O3S/c13-17-10-3-1-7-14-12(10)21(19,20)15-8-2-4-11(18)16-9-5-6-9/h1,3,7,9,15,17H,2,4-6,8,13H2,(H,16,18). The lowest BCUT2D eigenvalue weighted by molar-refractivity contribution is -0.121. The first-order valence-electron chi connectivity index (χ1n) is 6.73. The van der Waals surface area contributed by atoms with E-state index in [4.69, 9.17) is 5.84 Å². The summed E-state index contributed by atoms with van der Waals surface area (Å²) < 4.78 is 26.6. The van der Waals surface area contributed by atoms with E-state index in [1.54, 1.807) is 6.07 Å². The molecule has 1 aliphatic rings. The summed E-state index contributed by atoms with van der Waals surface area (Å²) in [6.45, 7) is 0.168. The van der Waals surface area contributed by atoms with Crippen LogP contribution in [0.3, 0.4) is 0 Å². The van der Waals surface area contributed by atoms with Crippen LogP contribution < -0.4 is 21.3 Å². The van der Waals surface area contributed by atoms with E-state index in [-0.39, 0.29) is 23.2 Å². The van der Waals surface area contributed by atoms with Gasteiger partial charge in [0.2, 0.25) is 5.91 Å². The van der Waals surface area contributed by atoms with Crippen molar-refractivity contribution in [1.29, 1.82) is 0 Å². The van der Waals surface area contributed by atoms with Crippen LogP contribution in [0.4, 0.5) is 5.69 Å². The van der Waals surface area contributed by atoms with Crippen molar-refractivity contribution in [2.75, 3.05) is 12.0 Å². The second-order valence-corrected chi connectivity index (χ2v) is 6.53. The Balaban J connectivity index is 1.82. The maximum absolute atomic E-state index is 12.1. The Hall–Kier alpha value is -1.71. The average molecular weight is 313 g/mol. The summed E-state index contributed by atoms with van der Waals surface area (Å²) >= 11 is 0. The molecule has 1 saturated carbocycles. The van der Waals surface area contributed by atoms with E-state index in [2.05, 4.69) is 20.4 Å². The first kappa shape index (κ1) is 15.7. The van der Waals surface area contributed by atoms with Gasteiger partial charge < -0.3 is 10.7 Å². The number of aromatic nitrogens is 1. The number of hydrazine groups is 1. The quantitative estimate of drug-likeness (QED) is 0.297. The fourth-order valence-corrected chi connectivity index (χ4v) is 2.93.